The lowest BCUT2D eigenvalue weighted by Crippen LogP contribution is -2.30. The first-order valence-corrected chi connectivity index (χ1v) is 7.41. The van der Waals surface area contributed by atoms with Crippen molar-refractivity contribution >= 4 is 11.6 Å². The van der Waals surface area contributed by atoms with Crippen LogP contribution in [-0.4, -0.2) is 19.2 Å². The van der Waals surface area contributed by atoms with Crippen LogP contribution in [0.2, 0.25) is 0 Å². The van der Waals surface area contributed by atoms with Crippen molar-refractivity contribution in [3.05, 3.63) is 53.6 Å². The van der Waals surface area contributed by atoms with Gasteiger partial charge in [0.05, 0.1) is 6.54 Å². The maximum atomic E-state index is 13.2. The van der Waals surface area contributed by atoms with Crippen LogP contribution in [0.25, 0.3) is 0 Å². The molecule has 1 heterocycles. The Labute approximate surface area is 137 Å². The molecule has 0 radical (unpaired) electrons. The Morgan fingerprint density at radius 3 is 2.71 bits per heavy atom. The third kappa shape index (κ3) is 3.62. The molecule has 7 heteroatoms. The van der Waals surface area contributed by atoms with E-state index in [0.717, 1.165) is 12.1 Å². The van der Waals surface area contributed by atoms with E-state index in [1.54, 1.807) is 25.1 Å². The van der Waals surface area contributed by atoms with Crippen molar-refractivity contribution in [2.24, 2.45) is 0 Å². The predicted molar refractivity (Wildman–Crippen MR) is 84.0 cm³/mol. The van der Waals surface area contributed by atoms with Crippen molar-refractivity contribution in [1.82, 2.24) is 5.32 Å². The fourth-order valence-corrected chi connectivity index (χ4v) is 2.32. The SMILES string of the molecule is CC(NCC(=O)Nc1ccc2c(c1)OCO2)c1ccc(F)c(F)c1. The Bertz CT molecular complexity index is 767. The maximum Gasteiger partial charge on any atom is 0.238 e. The van der Waals surface area contributed by atoms with Crippen LogP contribution >= 0.6 is 0 Å². The molecule has 0 aliphatic carbocycles. The second-order valence-electron chi connectivity index (χ2n) is 5.39. The number of nitrogens with one attached hydrogen (secondary N) is 2. The van der Waals surface area contributed by atoms with E-state index in [-0.39, 0.29) is 25.3 Å². The molecule has 1 unspecified atom stereocenters. The first-order chi connectivity index (χ1) is 11.5. The quantitative estimate of drug-likeness (QED) is 0.883. The lowest BCUT2D eigenvalue weighted by Gasteiger charge is -2.14. The average Bonchev–Trinajstić information content (AvgIpc) is 3.03. The summed E-state index contributed by atoms with van der Waals surface area (Å²) in [5, 5.41) is 5.69. The Morgan fingerprint density at radius 2 is 1.92 bits per heavy atom. The Balaban J connectivity index is 1.54. The van der Waals surface area contributed by atoms with Gasteiger partial charge >= 0.3 is 0 Å². The van der Waals surface area contributed by atoms with Gasteiger partial charge in [-0.05, 0) is 36.8 Å². The van der Waals surface area contributed by atoms with Crippen LogP contribution in [0.1, 0.15) is 18.5 Å². The highest BCUT2D eigenvalue weighted by Gasteiger charge is 2.15. The van der Waals surface area contributed by atoms with E-state index in [9.17, 15) is 13.6 Å². The third-order valence-electron chi connectivity index (χ3n) is 3.67. The summed E-state index contributed by atoms with van der Waals surface area (Å²) in [7, 11) is 0. The van der Waals surface area contributed by atoms with Gasteiger partial charge in [0.1, 0.15) is 0 Å². The molecule has 3 rings (SSSR count). The summed E-state index contributed by atoms with van der Waals surface area (Å²) >= 11 is 0. The van der Waals surface area contributed by atoms with Gasteiger partial charge in [0.2, 0.25) is 12.7 Å². The molecule has 5 nitrogen and oxygen atoms in total. The van der Waals surface area contributed by atoms with Crippen molar-refractivity contribution in [1.29, 1.82) is 0 Å². The number of hydrogen-bond donors (Lipinski definition) is 2. The molecule has 2 N–H and O–H groups in total. The van der Waals surface area contributed by atoms with Gasteiger partial charge in [-0.25, -0.2) is 8.78 Å². The molecule has 1 aliphatic heterocycles. The zero-order valence-corrected chi connectivity index (χ0v) is 12.9. The van der Waals surface area contributed by atoms with Crippen molar-refractivity contribution < 1.29 is 23.0 Å². The second-order valence-corrected chi connectivity index (χ2v) is 5.39. The van der Waals surface area contributed by atoms with Crippen LogP contribution in [-0.2, 0) is 4.79 Å². The summed E-state index contributed by atoms with van der Waals surface area (Å²) in [6.07, 6.45) is 0. The molecule has 0 aromatic heterocycles. The minimum atomic E-state index is -0.911. The van der Waals surface area contributed by atoms with Gasteiger partial charge in [-0.15, -0.1) is 0 Å². The molecular formula is C17H16F2N2O3. The fraction of sp³-hybridized carbons (Fsp3) is 0.235. The summed E-state index contributed by atoms with van der Waals surface area (Å²) in [5.74, 6) is -0.852. The van der Waals surface area contributed by atoms with Crippen LogP contribution in [0.3, 0.4) is 0 Å². The molecule has 24 heavy (non-hydrogen) atoms. The maximum absolute atomic E-state index is 13.2. The van der Waals surface area contributed by atoms with Gasteiger partial charge in [0.15, 0.2) is 23.1 Å². The number of rotatable bonds is 5. The summed E-state index contributed by atoms with van der Waals surface area (Å²) in [6, 6.07) is 8.46. The van der Waals surface area contributed by atoms with E-state index in [2.05, 4.69) is 10.6 Å². The lowest BCUT2D eigenvalue weighted by atomic mass is 10.1. The highest BCUT2D eigenvalue weighted by molar-refractivity contribution is 5.92. The monoisotopic (exact) mass is 334 g/mol. The summed E-state index contributed by atoms with van der Waals surface area (Å²) < 4.78 is 36.6. The minimum Gasteiger partial charge on any atom is -0.454 e. The van der Waals surface area contributed by atoms with Crippen LogP contribution in [0.4, 0.5) is 14.5 Å². The molecule has 0 spiro atoms. The molecule has 2 aromatic rings. The van der Waals surface area contributed by atoms with E-state index < -0.39 is 11.6 Å². The Kier molecular flexibility index (Phi) is 4.61. The van der Waals surface area contributed by atoms with Gasteiger partial charge in [0.25, 0.3) is 0 Å². The number of fused-ring (bicyclic) bond motifs is 1. The van der Waals surface area contributed by atoms with Crippen LogP contribution in [0.15, 0.2) is 36.4 Å². The minimum absolute atomic E-state index is 0.0224. The van der Waals surface area contributed by atoms with E-state index in [0.29, 0.717) is 22.7 Å². The van der Waals surface area contributed by atoms with Crippen LogP contribution in [0.5, 0.6) is 11.5 Å². The first kappa shape index (κ1) is 16.2. The standard InChI is InChI=1S/C17H16F2N2O3/c1-10(11-2-4-13(18)14(19)6-11)20-8-17(22)21-12-3-5-15-16(7-12)24-9-23-15/h2-7,10,20H,8-9H2,1H3,(H,21,22). The zero-order valence-electron chi connectivity index (χ0n) is 12.9. The fourth-order valence-electron chi connectivity index (χ4n) is 2.32. The van der Waals surface area contributed by atoms with E-state index in [4.69, 9.17) is 9.47 Å². The molecule has 0 fully saturated rings. The molecule has 126 valence electrons. The number of halogens is 2. The molecule has 0 saturated carbocycles. The summed E-state index contributed by atoms with van der Waals surface area (Å²) in [5.41, 5.74) is 1.15. The largest absolute Gasteiger partial charge is 0.454 e. The molecule has 1 aliphatic rings. The Morgan fingerprint density at radius 1 is 1.12 bits per heavy atom. The highest BCUT2D eigenvalue weighted by Crippen LogP contribution is 2.34. The van der Waals surface area contributed by atoms with Gasteiger partial charge in [-0.2, -0.15) is 0 Å². The molecular weight excluding hydrogens is 318 g/mol. The van der Waals surface area contributed by atoms with Gasteiger partial charge in [-0.1, -0.05) is 6.07 Å². The second kappa shape index (κ2) is 6.84. The molecule has 1 atom stereocenters. The number of ether oxygens (including phenoxy) is 2. The van der Waals surface area contributed by atoms with E-state index >= 15 is 0 Å². The average molecular weight is 334 g/mol. The van der Waals surface area contributed by atoms with E-state index in [1.165, 1.54) is 6.07 Å². The summed E-state index contributed by atoms with van der Waals surface area (Å²) in [4.78, 5) is 12.0. The normalized spacial score (nSPS) is 13.6. The molecule has 0 saturated heterocycles. The van der Waals surface area contributed by atoms with Crippen molar-refractivity contribution in [3.8, 4) is 11.5 Å². The predicted octanol–water partition coefficient (Wildman–Crippen LogP) is 2.98. The number of benzene rings is 2. The number of carbonyl (C=O) groups is 1. The topological polar surface area (TPSA) is 59.6 Å². The number of amides is 1. The van der Waals surface area contributed by atoms with Gasteiger partial charge in [-0.3, -0.25) is 4.79 Å². The van der Waals surface area contributed by atoms with Crippen LogP contribution in [0, 0.1) is 11.6 Å². The van der Waals surface area contributed by atoms with Gasteiger partial charge < -0.3 is 20.1 Å². The van der Waals surface area contributed by atoms with Crippen molar-refractivity contribution in [2.75, 3.05) is 18.7 Å². The number of anilines is 1. The molecule has 0 bridgehead atoms. The lowest BCUT2D eigenvalue weighted by molar-refractivity contribution is -0.115. The Hall–Kier alpha value is -2.67. The zero-order chi connectivity index (χ0) is 17.1. The van der Waals surface area contributed by atoms with Crippen molar-refractivity contribution in [2.45, 2.75) is 13.0 Å². The van der Waals surface area contributed by atoms with Crippen LogP contribution < -0.4 is 20.1 Å². The highest BCUT2D eigenvalue weighted by atomic mass is 19.2. The van der Waals surface area contributed by atoms with Crippen molar-refractivity contribution in [3.63, 3.8) is 0 Å². The number of carbonyl (C=O) groups excluding carboxylic acids is 1. The smallest absolute Gasteiger partial charge is 0.238 e. The molecule has 1 amide bonds. The van der Waals surface area contributed by atoms with Gasteiger partial charge in [0, 0.05) is 17.8 Å². The van der Waals surface area contributed by atoms with E-state index in [1.807, 2.05) is 0 Å². The molecule has 2 aromatic carbocycles. The summed E-state index contributed by atoms with van der Waals surface area (Å²) in [6.45, 7) is 1.95. The first-order valence-electron chi connectivity index (χ1n) is 7.41. The number of hydrogen-bond acceptors (Lipinski definition) is 4. The third-order valence-corrected chi connectivity index (χ3v) is 3.67.